The highest BCUT2D eigenvalue weighted by Crippen LogP contribution is 2.31. The molecule has 2 aliphatic rings. The fraction of sp³-hybridized carbons (Fsp3) is 0.667. The first-order valence-electron chi connectivity index (χ1n) is 8.41. The van der Waals surface area contributed by atoms with Gasteiger partial charge in [0.1, 0.15) is 5.82 Å². The molecule has 21 heavy (non-hydrogen) atoms. The number of hydrogen-bond acceptors (Lipinski definition) is 2. The van der Waals surface area contributed by atoms with E-state index in [9.17, 15) is 4.39 Å². The van der Waals surface area contributed by atoms with Crippen LogP contribution in [0.5, 0.6) is 0 Å². The van der Waals surface area contributed by atoms with E-state index < -0.39 is 0 Å². The van der Waals surface area contributed by atoms with Crippen LogP contribution in [0.2, 0.25) is 0 Å². The number of piperidine rings is 1. The number of nitrogens with zero attached hydrogens (tertiary/aromatic N) is 1. The molecule has 0 saturated carbocycles. The number of benzene rings is 1. The molecule has 0 amide bonds. The quantitative estimate of drug-likeness (QED) is 0.891. The van der Waals surface area contributed by atoms with E-state index in [2.05, 4.69) is 24.1 Å². The van der Waals surface area contributed by atoms with Gasteiger partial charge >= 0.3 is 0 Å². The normalized spacial score (nSPS) is 28.3. The van der Waals surface area contributed by atoms with Crippen LogP contribution in [0.25, 0.3) is 0 Å². The zero-order valence-corrected chi connectivity index (χ0v) is 13.2. The van der Waals surface area contributed by atoms with Gasteiger partial charge in [-0.3, -0.25) is 4.90 Å². The van der Waals surface area contributed by atoms with Crippen LogP contribution in [0.4, 0.5) is 4.39 Å². The van der Waals surface area contributed by atoms with Crippen LogP contribution >= 0.6 is 0 Å². The second kappa shape index (κ2) is 6.45. The lowest BCUT2D eigenvalue weighted by molar-refractivity contribution is 0.133. The first kappa shape index (κ1) is 15.0. The lowest BCUT2D eigenvalue weighted by Crippen LogP contribution is -2.48. The van der Waals surface area contributed by atoms with Gasteiger partial charge in [0.25, 0.3) is 0 Å². The van der Waals surface area contributed by atoms with Gasteiger partial charge in [-0.15, -0.1) is 0 Å². The van der Waals surface area contributed by atoms with Gasteiger partial charge < -0.3 is 5.32 Å². The summed E-state index contributed by atoms with van der Waals surface area (Å²) in [5.74, 6) is -0.113. The third kappa shape index (κ3) is 3.46. The van der Waals surface area contributed by atoms with Crippen molar-refractivity contribution in [3.63, 3.8) is 0 Å². The second-order valence-corrected chi connectivity index (χ2v) is 6.80. The van der Waals surface area contributed by atoms with Gasteiger partial charge in [0.15, 0.2) is 0 Å². The summed E-state index contributed by atoms with van der Waals surface area (Å²) in [4.78, 5) is 2.59. The van der Waals surface area contributed by atoms with E-state index in [1.165, 1.54) is 31.2 Å². The molecule has 1 aromatic rings. The summed E-state index contributed by atoms with van der Waals surface area (Å²) < 4.78 is 13.5. The van der Waals surface area contributed by atoms with Crippen LogP contribution in [-0.4, -0.2) is 29.6 Å². The summed E-state index contributed by atoms with van der Waals surface area (Å²) in [5.41, 5.74) is 2.35. The highest BCUT2D eigenvalue weighted by molar-refractivity contribution is 5.26. The largest absolute Gasteiger partial charge is 0.311 e. The Hall–Kier alpha value is -0.930. The molecule has 0 aromatic heterocycles. The van der Waals surface area contributed by atoms with Gasteiger partial charge in [0.05, 0.1) is 0 Å². The molecule has 2 saturated heterocycles. The van der Waals surface area contributed by atoms with Crippen molar-refractivity contribution in [2.24, 2.45) is 0 Å². The van der Waals surface area contributed by atoms with Crippen molar-refractivity contribution >= 4 is 0 Å². The molecule has 1 aromatic carbocycles. The Kier molecular flexibility index (Phi) is 4.60. The topological polar surface area (TPSA) is 15.3 Å². The minimum absolute atomic E-state index is 0.113. The Balaban J connectivity index is 1.73. The maximum absolute atomic E-state index is 13.5. The zero-order chi connectivity index (χ0) is 14.8. The van der Waals surface area contributed by atoms with E-state index in [1.807, 2.05) is 6.07 Å². The molecular weight excluding hydrogens is 263 g/mol. The molecule has 2 aliphatic heterocycles. The van der Waals surface area contributed by atoms with Gasteiger partial charge in [0.2, 0.25) is 0 Å². The highest BCUT2D eigenvalue weighted by Gasteiger charge is 2.35. The molecule has 0 aliphatic carbocycles. The Morgan fingerprint density at radius 1 is 1.24 bits per heavy atom. The number of rotatable bonds is 5. The lowest BCUT2D eigenvalue weighted by Gasteiger charge is -2.38. The lowest BCUT2D eigenvalue weighted by atomic mass is 9.97. The molecule has 2 nitrogen and oxygen atoms in total. The van der Waals surface area contributed by atoms with Crippen LogP contribution in [0.1, 0.15) is 50.2 Å². The summed E-state index contributed by atoms with van der Waals surface area (Å²) in [7, 11) is 0. The van der Waals surface area contributed by atoms with Crippen LogP contribution in [0, 0.1) is 12.7 Å². The van der Waals surface area contributed by atoms with Crippen molar-refractivity contribution in [3.05, 3.63) is 35.1 Å². The van der Waals surface area contributed by atoms with E-state index in [-0.39, 0.29) is 5.82 Å². The molecule has 2 unspecified atom stereocenters. The number of nitrogens with one attached hydrogen (secondary N) is 1. The highest BCUT2D eigenvalue weighted by atomic mass is 19.1. The SMILES string of the molecule is CCCN(Cc1cc(F)ccc1C)C1CC2CCC(C1)N2. The molecule has 2 fully saturated rings. The van der Waals surface area contributed by atoms with Gasteiger partial charge in [-0.2, -0.15) is 0 Å². The van der Waals surface area contributed by atoms with Gasteiger partial charge in [-0.1, -0.05) is 13.0 Å². The Morgan fingerprint density at radius 2 is 1.95 bits per heavy atom. The van der Waals surface area contributed by atoms with Crippen molar-refractivity contribution in [2.75, 3.05) is 6.54 Å². The van der Waals surface area contributed by atoms with Gasteiger partial charge in [0, 0.05) is 24.7 Å². The molecule has 2 atom stereocenters. The predicted molar refractivity (Wildman–Crippen MR) is 84.8 cm³/mol. The smallest absolute Gasteiger partial charge is 0.123 e. The van der Waals surface area contributed by atoms with Gasteiger partial charge in [-0.05, 0) is 68.8 Å². The fourth-order valence-electron chi connectivity index (χ4n) is 4.03. The van der Waals surface area contributed by atoms with Crippen LogP contribution in [-0.2, 0) is 6.54 Å². The molecule has 3 rings (SSSR count). The molecule has 2 bridgehead atoms. The number of halogens is 1. The van der Waals surface area contributed by atoms with E-state index in [0.717, 1.165) is 25.1 Å². The molecular formula is C18H27FN2. The summed E-state index contributed by atoms with van der Waals surface area (Å²) >= 11 is 0. The second-order valence-electron chi connectivity index (χ2n) is 6.80. The van der Waals surface area contributed by atoms with E-state index in [4.69, 9.17) is 0 Å². The first-order chi connectivity index (χ1) is 10.2. The van der Waals surface area contributed by atoms with Crippen LogP contribution in [0.15, 0.2) is 18.2 Å². The van der Waals surface area contributed by atoms with E-state index >= 15 is 0 Å². The minimum atomic E-state index is -0.113. The van der Waals surface area contributed by atoms with Crippen LogP contribution < -0.4 is 5.32 Å². The molecule has 3 heteroatoms. The maximum Gasteiger partial charge on any atom is 0.123 e. The van der Waals surface area contributed by atoms with Crippen molar-refractivity contribution in [3.8, 4) is 0 Å². The van der Waals surface area contributed by atoms with E-state index in [0.29, 0.717) is 18.1 Å². The predicted octanol–water partition coefficient (Wildman–Crippen LogP) is 3.63. The average Bonchev–Trinajstić information content (AvgIpc) is 2.81. The van der Waals surface area contributed by atoms with Crippen molar-refractivity contribution < 1.29 is 4.39 Å². The Morgan fingerprint density at radius 3 is 2.62 bits per heavy atom. The summed E-state index contributed by atoms with van der Waals surface area (Å²) in [6.07, 6.45) is 6.34. The molecule has 0 radical (unpaired) electrons. The molecule has 1 N–H and O–H groups in total. The van der Waals surface area contributed by atoms with E-state index in [1.54, 1.807) is 12.1 Å². The average molecular weight is 290 g/mol. The summed E-state index contributed by atoms with van der Waals surface area (Å²) in [6.45, 7) is 6.33. The minimum Gasteiger partial charge on any atom is -0.311 e. The third-order valence-corrected chi connectivity index (χ3v) is 5.16. The van der Waals surface area contributed by atoms with Crippen molar-refractivity contribution in [2.45, 2.75) is 70.6 Å². The third-order valence-electron chi connectivity index (χ3n) is 5.16. The number of aryl methyl sites for hydroxylation is 1. The van der Waals surface area contributed by atoms with Crippen molar-refractivity contribution in [1.82, 2.24) is 10.2 Å². The fourth-order valence-corrected chi connectivity index (χ4v) is 4.03. The monoisotopic (exact) mass is 290 g/mol. The van der Waals surface area contributed by atoms with Gasteiger partial charge in [-0.25, -0.2) is 4.39 Å². The Bertz CT molecular complexity index is 476. The Labute approximate surface area is 127 Å². The zero-order valence-electron chi connectivity index (χ0n) is 13.2. The maximum atomic E-state index is 13.5. The standard InChI is InChI=1S/C18H27FN2/c1-3-8-21(12-14-9-15(19)5-4-13(14)2)18-10-16-6-7-17(11-18)20-16/h4-5,9,16-18,20H,3,6-8,10-12H2,1-2H3. The molecule has 2 heterocycles. The summed E-state index contributed by atoms with van der Waals surface area (Å²) in [5, 5.41) is 3.71. The van der Waals surface area contributed by atoms with Crippen LogP contribution in [0.3, 0.4) is 0 Å². The molecule has 0 spiro atoms. The first-order valence-corrected chi connectivity index (χ1v) is 8.41. The van der Waals surface area contributed by atoms with Crippen molar-refractivity contribution in [1.29, 1.82) is 0 Å². The number of fused-ring (bicyclic) bond motifs is 2. The molecule has 116 valence electrons. The number of hydrogen-bond donors (Lipinski definition) is 1. The summed E-state index contributed by atoms with van der Waals surface area (Å²) in [6, 6.07) is 7.26.